The highest BCUT2D eigenvalue weighted by Gasteiger charge is 2.19. The highest BCUT2D eigenvalue weighted by molar-refractivity contribution is 6.43. The molecule has 1 aromatic carbocycles. The van der Waals surface area contributed by atoms with Crippen molar-refractivity contribution in [3.05, 3.63) is 28.8 Å². The van der Waals surface area contributed by atoms with Gasteiger partial charge in [0.1, 0.15) is 12.7 Å². The van der Waals surface area contributed by atoms with Gasteiger partial charge in [0.15, 0.2) is 0 Å². The van der Waals surface area contributed by atoms with Gasteiger partial charge in [-0.2, -0.15) is 5.26 Å². The number of carbonyl (C=O) groups is 1. The first-order valence-corrected chi connectivity index (χ1v) is 4.88. The number of hydrogen-bond acceptors (Lipinski definition) is 4. The number of ether oxygens (including phenoxy) is 1. The zero-order valence-electron chi connectivity index (χ0n) is 9.07. The van der Waals surface area contributed by atoms with Gasteiger partial charge >= 0.3 is 5.97 Å². The van der Waals surface area contributed by atoms with Crippen LogP contribution < -0.4 is 0 Å². The molecule has 0 spiro atoms. The van der Waals surface area contributed by atoms with Crippen molar-refractivity contribution in [2.24, 2.45) is 4.99 Å². The number of aliphatic imine (C=N–C) groups is 1. The molecule has 0 saturated heterocycles. The van der Waals surface area contributed by atoms with E-state index in [1.807, 2.05) is 26.0 Å². The summed E-state index contributed by atoms with van der Waals surface area (Å²) in [5.41, 5.74) is 3.48. The molecular weight excluding hydrogens is 204 g/mol. The molecule has 4 nitrogen and oxygen atoms in total. The molecular formula is C12H10N2O2. The number of hydrogen-bond donors (Lipinski definition) is 0. The highest BCUT2D eigenvalue weighted by atomic mass is 16.5. The van der Waals surface area contributed by atoms with Gasteiger partial charge in [-0.1, -0.05) is 6.07 Å². The molecule has 1 aliphatic heterocycles. The van der Waals surface area contributed by atoms with Gasteiger partial charge in [-0.25, -0.2) is 9.79 Å². The van der Waals surface area contributed by atoms with Crippen molar-refractivity contribution in [1.82, 2.24) is 0 Å². The van der Waals surface area contributed by atoms with E-state index < -0.39 is 5.97 Å². The van der Waals surface area contributed by atoms with Crippen LogP contribution in [-0.4, -0.2) is 11.7 Å². The third kappa shape index (κ3) is 1.68. The summed E-state index contributed by atoms with van der Waals surface area (Å²) in [4.78, 5) is 15.3. The number of fused-ring (bicyclic) bond motifs is 1. The number of rotatable bonds is 0. The number of esters is 1. The number of nitrogens with zero attached hydrogens (tertiary/aromatic N) is 2. The van der Waals surface area contributed by atoms with Crippen molar-refractivity contribution in [2.75, 3.05) is 0 Å². The van der Waals surface area contributed by atoms with E-state index in [-0.39, 0.29) is 12.3 Å². The summed E-state index contributed by atoms with van der Waals surface area (Å²) >= 11 is 0. The summed E-state index contributed by atoms with van der Waals surface area (Å²) in [7, 11) is 0. The molecule has 1 heterocycles. The van der Waals surface area contributed by atoms with Gasteiger partial charge in [-0.15, -0.1) is 0 Å². The third-order valence-corrected chi connectivity index (χ3v) is 2.59. The Balaban J connectivity index is 2.60. The van der Waals surface area contributed by atoms with Gasteiger partial charge in [0.05, 0.1) is 5.69 Å². The van der Waals surface area contributed by atoms with Crippen LogP contribution in [0.15, 0.2) is 17.1 Å². The smallest absolute Gasteiger partial charge is 0.368 e. The van der Waals surface area contributed by atoms with E-state index in [4.69, 9.17) is 10.00 Å². The van der Waals surface area contributed by atoms with Crippen LogP contribution in [0.5, 0.6) is 0 Å². The van der Waals surface area contributed by atoms with E-state index in [0.717, 1.165) is 16.7 Å². The van der Waals surface area contributed by atoms with E-state index in [1.54, 1.807) is 6.07 Å². The van der Waals surface area contributed by atoms with Crippen molar-refractivity contribution in [2.45, 2.75) is 20.5 Å². The monoisotopic (exact) mass is 214 g/mol. The van der Waals surface area contributed by atoms with Crippen molar-refractivity contribution in [1.29, 1.82) is 5.26 Å². The average Bonchev–Trinajstić information content (AvgIpc) is 2.40. The molecule has 16 heavy (non-hydrogen) atoms. The predicted octanol–water partition coefficient (Wildman–Crippen LogP) is 1.96. The molecule has 0 fully saturated rings. The lowest BCUT2D eigenvalue weighted by Crippen LogP contribution is -2.13. The van der Waals surface area contributed by atoms with Gasteiger partial charge in [0, 0.05) is 5.56 Å². The predicted molar refractivity (Wildman–Crippen MR) is 58.4 cm³/mol. The lowest BCUT2D eigenvalue weighted by atomic mass is 10.0. The summed E-state index contributed by atoms with van der Waals surface area (Å²) in [6, 6.07) is 5.54. The summed E-state index contributed by atoms with van der Waals surface area (Å²) in [5.74, 6) is -0.658. The van der Waals surface area contributed by atoms with E-state index in [2.05, 4.69) is 4.99 Å². The van der Waals surface area contributed by atoms with E-state index in [1.165, 1.54) is 0 Å². The Hall–Kier alpha value is -2.15. The van der Waals surface area contributed by atoms with Crippen LogP contribution >= 0.6 is 0 Å². The lowest BCUT2D eigenvalue weighted by Gasteiger charge is -2.06. The highest BCUT2D eigenvalue weighted by Crippen LogP contribution is 2.26. The quantitative estimate of drug-likeness (QED) is 0.620. The van der Waals surface area contributed by atoms with Gasteiger partial charge in [0.2, 0.25) is 5.71 Å². The molecule has 0 unspecified atom stereocenters. The number of aryl methyl sites for hydroxylation is 2. The van der Waals surface area contributed by atoms with Gasteiger partial charge in [0.25, 0.3) is 0 Å². The van der Waals surface area contributed by atoms with Crippen molar-refractivity contribution in [3.8, 4) is 6.07 Å². The summed E-state index contributed by atoms with van der Waals surface area (Å²) in [6.45, 7) is 4.12. The number of benzene rings is 1. The molecule has 1 aromatic rings. The summed E-state index contributed by atoms with van der Waals surface area (Å²) < 4.78 is 4.94. The Kier molecular flexibility index (Phi) is 2.45. The summed E-state index contributed by atoms with van der Waals surface area (Å²) in [5, 5.41) is 8.75. The topological polar surface area (TPSA) is 62.5 Å². The first-order chi connectivity index (χ1) is 7.61. The Morgan fingerprint density at radius 3 is 2.75 bits per heavy atom. The maximum Gasteiger partial charge on any atom is 0.368 e. The van der Waals surface area contributed by atoms with Crippen molar-refractivity contribution < 1.29 is 9.53 Å². The molecule has 0 saturated carbocycles. The Morgan fingerprint density at radius 2 is 2.06 bits per heavy atom. The zero-order valence-corrected chi connectivity index (χ0v) is 9.07. The first-order valence-electron chi connectivity index (χ1n) is 4.88. The molecule has 0 aromatic heterocycles. The Labute approximate surface area is 93.2 Å². The minimum Gasteiger partial charge on any atom is -0.455 e. The van der Waals surface area contributed by atoms with Crippen LogP contribution in [0, 0.1) is 25.2 Å². The molecule has 0 atom stereocenters. The van der Waals surface area contributed by atoms with Crippen LogP contribution in [0.1, 0.15) is 16.7 Å². The second-order valence-corrected chi connectivity index (χ2v) is 3.71. The molecule has 0 bridgehead atoms. The normalized spacial score (nSPS) is 14.3. The molecule has 0 radical (unpaired) electrons. The molecule has 1 aliphatic rings. The minimum atomic E-state index is -0.658. The molecule has 0 N–H and O–H groups in total. The number of nitriles is 1. The zero-order chi connectivity index (χ0) is 11.7. The lowest BCUT2D eigenvalue weighted by molar-refractivity contribution is -0.136. The Bertz CT molecular complexity index is 539. The molecule has 2 rings (SSSR count). The molecule has 80 valence electrons. The third-order valence-electron chi connectivity index (χ3n) is 2.59. The van der Waals surface area contributed by atoms with Gasteiger partial charge < -0.3 is 4.74 Å². The van der Waals surface area contributed by atoms with Crippen LogP contribution in [0.3, 0.4) is 0 Å². The van der Waals surface area contributed by atoms with E-state index in [0.29, 0.717) is 5.69 Å². The van der Waals surface area contributed by atoms with E-state index in [9.17, 15) is 4.79 Å². The molecule has 0 aliphatic carbocycles. The van der Waals surface area contributed by atoms with Crippen LogP contribution in [0.25, 0.3) is 0 Å². The SMILES string of the molecule is Cc1cc2c(cc1C)N=C(C#N)C(=O)OC2. The van der Waals surface area contributed by atoms with Crippen LogP contribution in [0.2, 0.25) is 0 Å². The maximum atomic E-state index is 11.3. The average molecular weight is 214 g/mol. The minimum absolute atomic E-state index is 0.171. The number of carbonyl (C=O) groups excluding carboxylic acids is 1. The van der Waals surface area contributed by atoms with Gasteiger partial charge in [-0.05, 0) is 31.0 Å². The second-order valence-electron chi connectivity index (χ2n) is 3.71. The second kappa shape index (κ2) is 3.78. The molecule has 4 heteroatoms. The fourth-order valence-electron chi connectivity index (χ4n) is 1.53. The fraction of sp³-hybridized carbons (Fsp3) is 0.250. The van der Waals surface area contributed by atoms with Crippen molar-refractivity contribution in [3.63, 3.8) is 0 Å². The molecule has 0 amide bonds. The summed E-state index contributed by atoms with van der Waals surface area (Å²) in [6.07, 6.45) is 0. The first kappa shape index (κ1) is 10.4. The van der Waals surface area contributed by atoms with Crippen molar-refractivity contribution >= 4 is 17.4 Å². The largest absolute Gasteiger partial charge is 0.455 e. The fourth-order valence-corrected chi connectivity index (χ4v) is 1.53. The standard InChI is InChI=1S/C12H10N2O2/c1-7-3-9-6-16-12(15)11(5-13)14-10(9)4-8(7)2/h3-4H,6H2,1-2H3. The maximum absolute atomic E-state index is 11.3. The Morgan fingerprint density at radius 1 is 1.38 bits per heavy atom. The number of cyclic esters (lactones) is 1. The van der Waals surface area contributed by atoms with Crippen LogP contribution in [-0.2, 0) is 16.1 Å². The van der Waals surface area contributed by atoms with Crippen LogP contribution in [0.4, 0.5) is 5.69 Å². The van der Waals surface area contributed by atoms with Gasteiger partial charge in [-0.3, -0.25) is 0 Å². The van der Waals surface area contributed by atoms with E-state index >= 15 is 0 Å².